The number of benzene rings is 1. The van der Waals surface area contributed by atoms with Crippen molar-refractivity contribution < 1.29 is 4.79 Å². The molecule has 5 heteroatoms. The number of fused-ring (bicyclic) bond motifs is 3. The number of aryl methyl sites for hydroxylation is 2. The second kappa shape index (κ2) is 6.67. The third kappa shape index (κ3) is 3.14. The van der Waals surface area contributed by atoms with Gasteiger partial charge in [0.05, 0.1) is 5.69 Å². The van der Waals surface area contributed by atoms with Crippen LogP contribution in [-0.4, -0.2) is 39.4 Å². The number of carbonyl (C=O) groups is 1. The summed E-state index contributed by atoms with van der Waals surface area (Å²) in [5, 5.41) is 1.21. The van der Waals surface area contributed by atoms with E-state index in [1.165, 1.54) is 29.5 Å². The first-order chi connectivity index (χ1) is 12.2. The van der Waals surface area contributed by atoms with E-state index in [0.29, 0.717) is 13.0 Å². The normalized spacial score (nSPS) is 13.6. The van der Waals surface area contributed by atoms with Crippen molar-refractivity contribution in [3.8, 4) is 0 Å². The van der Waals surface area contributed by atoms with Gasteiger partial charge in [0.15, 0.2) is 0 Å². The molecule has 1 aromatic carbocycles. The molecule has 128 valence electrons. The van der Waals surface area contributed by atoms with Crippen molar-refractivity contribution in [3.05, 3.63) is 59.3 Å². The number of carbonyl (C=O) groups excluding carboxylic acids is 1. The Balaban J connectivity index is 1.53. The summed E-state index contributed by atoms with van der Waals surface area (Å²) in [5.41, 5.74) is 5.55. The SMILES string of the molecule is CN(CCc1cnccn1)C(=O)c1ccc2[nH]c3c(c2c1)CCCC3. The van der Waals surface area contributed by atoms with Gasteiger partial charge in [-0.3, -0.25) is 14.8 Å². The number of nitrogens with zero attached hydrogens (tertiary/aromatic N) is 3. The van der Waals surface area contributed by atoms with Gasteiger partial charge in [0.25, 0.3) is 5.91 Å². The molecule has 4 rings (SSSR count). The Bertz CT molecular complexity index is 901. The van der Waals surface area contributed by atoms with Gasteiger partial charge in [-0.25, -0.2) is 0 Å². The lowest BCUT2D eigenvalue weighted by molar-refractivity contribution is 0.0796. The molecule has 5 nitrogen and oxygen atoms in total. The monoisotopic (exact) mass is 334 g/mol. The minimum Gasteiger partial charge on any atom is -0.358 e. The zero-order chi connectivity index (χ0) is 17.2. The van der Waals surface area contributed by atoms with Gasteiger partial charge in [-0.1, -0.05) is 0 Å². The van der Waals surface area contributed by atoms with Crippen molar-refractivity contribution in [3.63, 3.8) is 0 Å². The number of aromatic amines is 1. The van der Waals surface area contributed by atoms with Crippen molar-refractivity contribution >= 4 is 16.8 Å². The van der Waals surface area contributed by atoms with E-state index in [1.807, 2.05) is 19.2 Å². The molecule has 0 spiro atoms. The number of H-pyrrole nitrogens is 1. The molecule has 0 atom stereocenters. The molecule has 0 saturated heterocycles. The molecular formula is C20H22N4O. The zero-order valence-corrected chi connectivity index (χ0v) is 14.5. The maximum Gasteiger partial charge on any atom is 0.253 e. The Kier molecular flexibility index (Phi) is 4.22. The van der Waals surface area contributed by atoms with E-state index in [-0.39, 0.29) is 5.91 Å². The molecule has 0 aliphatic heterocycles. The van der Waals surface area contributed by atoms with Crippen LogP contribution in [0.25, 0.3) is 10.9 Å². The fourth-order valence-corrected chi connectivity index (χ4v) is 3.60. The zero-order valence-electron chi connectivity index (χ0n) is 14.5. The van der Waals surface area contributed by atoms with E-state index in [4.69, 9.17) is 0 Å². The highest BCUT2D eigenvalue weighted by atomic mass is 16.2. The summed E-state index contributed by atoms with van der Waals surface area (Å²) in [4.78, 5) is 26.4. The number of rotatable bonds is 4. The molecule has 3 aromatic rings. The minimum absolute atomic E-state index is 0.0524. The fraction of sp³-hybridized carbons (Fsp3) is 0.350. The average Bonchev–Trinajstić information content (AvgIpc) is 3.04. The summed E-state index contributed by atoms with van der Waals surface area (Å²) in [5.74, 6) is 0.0524. The highest BCUT2D eigenvalue weighted by Crippen LogP contribution is 2.29. The quantitative estimate of drug-likeness (QED) is 0.797. The summed E-state index contributed by atoms with van der Waals surface area (Å²) in [6, 6.07) is 6.01. The van der Waals surface area contributed by atoms with E-state index in [0.717, 1.165) is 29.6 Å². The van der Waals surface area contributed by atoms with Gasteiger partial charge in [-0.15, -0.1) is 0 Å². The third-order valence-corrected chi connectivity index (χ3v) is 5.01. The molecule has 0 bridgehead atoms. The second-order valence-corrected chi connectivity index (χ2v) is 6.72. The predicted molar refractivity (Wildman–Crippen MR) is 97.6 cm³/mol. The third-order valence-electron chi connectivity index (χ3n) is 5.01. The Morgan fingerprint density at radius 1 is 1.24 bits per heavy atom. The summed E-state index contributed by atoms with van der Waals surface area (Å²) in [7, 11) is 1.84. The van der Waals surface area contributed by atoms with Crippen molar-refractivity contribution in [1.29, 1.82) is 0 Å². The van der Waals surface area contributed by atoms with E-state index in [1.54, 1.807) is 23.5 Å². The number of likely N-dealkylation sites (N-methyl/N-ethyl adjacent to an activating group) is 1. The molecule has 25 heavy (non-hydrogen) atoms. The van der Waals surface area contributed by atoms with Crippen LogP contribution in [0.15, 0.2) is 36.8 Å². The number of aromatic nitrogens is 3. The number of amides is 1. The Morgan fingerprint density at radius 2 is 2.12 bits per heavy atom. The van der Waals surface area contributed by atoms with Gasteiger partial charge in [0, 0.05) is 60.8 Å². The molecular weight excluding hydrogens is 312 g/mol. The first kappa shape index (κ1) is 15.8. The molecule has 0 saturated carbocycles. The van der Waals surface area contributed by atoms with Crippen LogP contribution in [0.2, 0.25) is 0 Å². The maximum absolute atomic E-state index is 12.8. The van der Waals surface area contributed by atoms with Gasteiger partial charge < -0.3 is 9.88 Å². The number of hydrogen-bond acceptors (Lipinski definition) is 3. The van der Waals surface area contributed by atoms with Crippen LogP contribution >= 0.6 is 0 Å². The summed E-state index contributed by atoms with van der Waals surface area (Å²) >= 11 is 0. The van der Waals surface area contributed by atoms with Crippen LogP contribution in [0.5, 0.6) is 0 Å². The van der Waals surface area contributed by atoms with Crippen LogP contribution in [-0.2, 0) is 19.3 Å². The molecule has 0 unspecified atom stereocenters. The Morgan fingerprint density at radius 3 is 2.96 bits per heavy atom. The highest BCUT2D eigenvalue weighted by Gasteiger charge is 2.18. The molecule has 1 aliphatic carbocycles. The molecule has 1 amide bonds. The number of nitrogens with one attached hydrogen (secondary N) is 1. The molecule has 1 aliphatic rings. The van der Waals surface area contributed by atoms with E-state index in [9.17, 15) is 4.79 Å². The minimum atomic E-state index is 0.0524. The summed E-state index contributed by atoms with van der Waals surface area (Å²) in [6.45, 7) is 0.626. The Hall–Kier alpha value is -2.69. The molecule has 0 radical (unpaired) electrons. The van der Waals surface area contributed by atoms with E-state index in [2.05, 4.69) is 21.0 Å². The Labute approximate surface area is 147 Å². The summed E-state index contributed by atoms with van der Waals surface area (Å²) in [6.07, 6.45) is 10.5. The standard InChI is InChI=1S/C20H22N4O/c1-24(11-8-15-13-21-9-10-22-15)20(25)14-6-7-19-17(12-14)16-4-2-3-5-18(16)23-19/h6-7,9-10,12-13,23H,2-5,8,11H2,1H3. The first-order valence-electron chi connectivity index (χ1n) is 8.86. The fourth-order valence-electron chi connectivity index (χ4n) is 3.60. The predicted octanol–water partition coefficient (Wildman–Crippen LogP) is 3.15. The van der Waals surface area contributed by atoms with Gasteiger partial charge in [-0.05, 0) is 49.4 Å². The topological polar surface area (TPSA) is 61.9 Å². The van der Waals surface area contributed by atoms with Crippen molar-refractivity contribution in [2.75, 3.05) is 13.6 Å². The largest absolute Gasteiger partial charge is 0.358 e. The van der Waals surface area contributed by atoms with Crippen LogP contribution in [0.4, 0.5) is 0 Å². The maximum atomic E-state index is 12.8. The van der Waals surface area contributed by atoms with Crippen molar-refractivity contribution in [2.45, 2.75) is 32.1 Å². The van der Waals surface area contributed by atoms with Gasteiger partial charge >= 0.3 is 0 Å². The van der Waals surface area contributed by atoms with Gasteiger partial charge in [0.2, 0.25) is 0 Å². The molecule has 0 fully saturated rings. The lowest BCUT2D eigenvalue weighted by Gasteiger charge is -2.17. The molecule has 2 heterocycles. The lowest BCUT2D eigenvalue weighted by Crippen LogP contribution is -2.29. The van der Waals surface area contributed by atoms with Gasteiger partial charge in [0.1, 0.15) is 0 Å². The van der Waals surface area contributed by atoms with E-state index < -0.39 is 0 Å². The highest BCUT2D eigenvalue weighted by molar-refractivity contribution is 5.99. The number of hydrogen-bond donors (Lipinski definition) is 1. The smallest absolute Gasteiger partial charge is 0.253 e. The van der Waals surface area contributed by atoms with Crippen molar-refractivity contribution in [1.82, 2.24) is 19.9 Å². The van der Waals surface area contributed by atoms with E-state index >= 15 is 0 Å². The second-order valence-electron chi connectivity index (χ2n) is 6.72. The van der Waals surface area contributed by atoms with Gasteiger partial charge in [-0.2, -0.15) is 0 Å². The lowest BCUT2D eigenvalue weighted by atomic mass is 9.95. The van der Waals surface area contributed by atoms with Crippen LogP contribution < -0.4 is 0 Å². The summed E-state index contributed by atoms with van der Waals surface area (Å²) < 4.78 is 0. The van der Waals surface area contributed by atoms with Crippen LogP contribution in [0, 0.1) is 0 Å². The molecule has 2 aromatic heterocycles. The van der Waals surface area contributed by atoms with Crippen molar-refractivity contribution in [2.24, 2.45) is 0 Å². The average molecular weight is 334 g/mol. The van der Waals surface area contributed by atoms with Crippen LogP contribution in [0.3, 0.4) is 0 Å². The first-order valence-corrected chi connectivity index (χ1v) is 8.86. The van der Waals surface area contributed by atoms with Crippen LogP contribution in [0.1, 0.15) is 40.2 Å². The molecule has 1 N–H and O–H groups in total.